The number of guanidine groups is 1. The highest BCUT2D eigenvalue weighted by Gasteiger charge is 2.24. The average molecular weight is 348 g/mol. The van der Waals surface area contributed by atoms with Crippen molar-refractivity contribution >= 4 is 5.96 Å². The molecule has 1 heterocycles. The van der Waals surface area contributed by atoms with Gasteiger partial charge in [0, 0.05) is 32.7 Å². The summed E-state index contributed by atoms with van der Waals surface area (Å²) < 4.78 is 11.5. The molecule has 5 heteroatoms. The number of nitrogens with zero attached hydrogens (tertiary/aromatic N) is 2. The first-order valence-electron chi connectivity index (χ1n) is 9.40. The highest BCUT2D eigenvalue weighted by atomic mass is 16.5. The third-order valence-electron chi connectivity index (χ3n) is 4.54. The van der Waals surface area contributed by atoms with Crippen molar-refractivity contribution in [3.8, 4) is 5.75 Å². The van der Waals surface area contributed by atoms with E-state index in [1.807, 2.05) is 26.1 Å². The maximum absolute atomic E-state index is 5.97. The standard InChI is InChI=1S/C20H33N3O2/c1-5-24-15-17-10-12-23(14-17)20(21-4)22-11-13-25-19-9-7-6-8-18(19)16(2)3/h6-9,16-17H,5,10-15H2,1-4H3,(H,21,22). The Bertz CT molecular complexity index is 545. The molecule has 0 aromatic heterocycles. The van der Waals surface area contributed by atoms with Gasteiger partial charge in [-0.2, -0.15) is 0 Å². The lowest BCUT2D eigenvalue weighted by atomic mass is 10.0. The van der Waals surface area contributed by atoms with Crippen LogP contribution in [-0.4, -0.2) is 57.4 Å². The molecule has 1 saturated heterocycles. The summed E-state index contributed by atoms with van der Waals surface area (Å²) in [5.74, 6) is 3.00. The lowest BCUT2D eigenvalue weighted by Gasteiger charge is -2.22. The van der Waals surface area contributed by atoms with Crippen LogP contribution in [0.5, 0.6) is 5.75 Å². The smallest absolute Gasteiger partial charge is 0.193 e. The molecule has 0 amide bonds. The van der Waals surface area contributed by atoms with Crippen LogP contribution in [0.3, 0.4) is 0 Å². The van der Waals surface area contributed by atoms with Gasteiger partial charge < -0.3 is 19.7 Å². The van der Waals surface area contributed by atoms with E-state index in [-0.39, 0.29) is 0 Å². The fourth-order valence-electron chi connectivity index (χ4n) is 3.19. The quantitative estimate of drug-likeness (QED) is 0.446. The maximum Gasteiger partial charge on any atom is 0.193 e. The summed E-state index contributed by atoms with van der Waals surface area (Å²) in [7, 11) is 1.84. The zero-order valence-electron chi connectivity index (χ0n) is 16.1. The molecule has 1 atom stereocenters. The van der Waals surface area contributed by atoms with E-state index in [4.69, 9.17) is 9.47 Å². The summed E-state index contributed by atoms with van der Waals surface area (Å²) in [6.07, 6.45) is 1.17. The molecule has 5 nitrogen and oxygen atoms in total. The van der Waals surface area contributed by atoms with Crippen LogP contribution < -0.4 is 10.1 Å². The van der Waals surface area contributed by atoms with E-state index in [1.165, 1.54) is 12.0 Å². The number of aliphatic imine (C=N–C) groups is 1. The molecule has 140 valence electrons. The van der Waals surface area contributed by atoms with Crippen molar-refractivity contribution < 1.29 is 9.47 Å². The molecule has 1 aliphatic heterocycles. The molecule has 1 unspecified atom stereocenters. The number of hydrogen-bond acceptors (Lipinski definition) is 3. The fourth-order valence-corrected chi connectivity index (χ4v) is 3.19. The molecule has 0 spiro atoms. The van der Waals surface area contributed by atoms with E-state index in [1.54, 1.807) is 0 Å². The Balaban J connectivity index is 1.75. The van der Waals surface area contributed by atoms with Gasteiger partial charge in [0.1, 0.15) is 12.4 Å². The van der Waals surface area contributed by atoms with Crippen LogP contribution in [0.15, 0.2) is 29.3 Å². The summed E-state index contributed by atoms with van der Waals surface area (Å²) in [4.78, 5) is 6.72. The first-order chi connectivity index (χ1) is 12.2. The predicted molar refractivity (Wildman–Crippen MR) is 104 cm³/mol. The van der Waals surface area contributed by atoms with Gasteiger partial charge in [-0.1, -0.05) is 32.0 Å². The molecular formula is C20H33N3O2. The van der Waals surface area contributed by atoms with Crippen LogP contribution in [0, 0.1) is 5.92 Å². The van der Waals surface area contributed by atoms with Crippen molar-refractivity contribution in [1.29, 1.82) is 0 Å². The van der Waals surface area contributed by atoms with Crippen LogP contribution in [-0.2, 0) is 4.74 Å². The van der Waals surface area contributed by atoms with Gasteiger partial charge in [0.2, 0.25) is 0 Å². The first kappa shape index (κ1) is 19.6. The molecular weight excluding hydrogens is 314 g/mol. The SMILES string of the molecule is CCOCC1CCN(C(=NC)NCCOc2ccccc2C(C)C)C1. The minimum atomic E-state index is 0.462. The second-order valence-corrected chi connectivity index (χ2v) is 6.78. The molecule has 0 saturated carbocycles. The Kier molecular flexibility index (Phi) is 8.06. The molecule has 0 radical (unpaired) electrons. The highest BCUT2D eigenvalue weighted by Crippen LogP contribution is 2.25. The normalized spacial score (nSPS) is 18.0. The van der Waals surface area contributed by atoms with E-state index >= 15 is 0 Å². The second-order valence-electron chi connectivity index (χ2n) is 6.78. The number of para-hydroxylation sites is 1. The number of rotatable bonds is 8. The molecule has 1 N–H and O–H groups in total. The first-order valence-corrected chi connectivity index (χ1v) is 9.40. The summed E-state index contributed by atoms with van der Waals surface area (Å²) >= 11 is 0. The zero-order chi connectivity index (χ0) is 18.1. The molecule has 1 aromatic rings. The van der Waals surface area contributed by atoms with Gasteiger partial charge in [0.05, 0.1) is 13.2 Å². The lowest BCUT2D eigenvalue weighted by Crippen LogP contribution is -2.41. The Labute approximate surface area is 152 Å². The van der Waals surface area contributed by atoms with Gasteiger partial charge >= 0.3 is 0 Å². The average Bonchev–Trinajstić information content (AvgIpc) is 3.09. The second kappa shape index (κ2) is 10.3. The fraction of sp³-hybridized carbons (Fsp3) is 0.650. The maximum atomic E-state index is 5.97. The van der Waals surface area contributed by atoms with Crippen molar-refractivity contribution in [1.82, 2.24) is 10.2 Å². The molecule has 0 aliphatic carbocycles. The van der Waals surface area contributed by atoms with Gasteiger partial charge in [-0.05, 0) is 30.9 Å². The number of nitrogens with one attached hydrogen (secondary N) is 1. The molecule has 1 aromatic carbocycles. The molecule has 2 rings (SSSR count). The third kappa shape index (κ3) is 5.92. The van der Waals surface area contributed by atoms with Crippen molar-refractivity contribution in [3.63, 3.8) is 0 Å². The monoisotopic (exact) mass is 347 g/mol. The lowest BCUT2D eigenvalue weighted by molar-refractivity contribution is 0.114. The van der Waals surface area contributed by atoms with Gasteiger partial charge in [0.25, 0.3) is 0 Å². The summed E-state index contributed by atoms with van der Waals surface area (Å²) in [5.41, 5.74) is 1.25. The van der Waals surface area contributed by atoms with E-state index < -0.39 is 0 Å². The minimum absolute atomic E-state index is 0.462. The van der Waals surface area contributed by atoms with Crippen LogP contribution in [0.4, 0.5) is 0 Å². The van der Waals surface area contributed by atoms with E-state index in [0.717, 1.165) is 44.6 Å². The Morgan fingerprint density at radius 2 is 2.16 bits per heavy atom. The zero-order valence-corrected chi connectivity index (χ0v) is 16.1. The predicted octanol–water partition coefficient (Wildman–Crippen LogP) is 3.12. The van der Waals surface area contributed by atoms with Crippen molar-refractivity contribution in [3.05, 3.63) is 29.8 Å². The van der Waals surface area contributed by atoms with Gasteiger partial charge in [-0.15, -0.1) is 0 Å². The number of benzene rings is 1. The van der Waals surface area contributed by atoms with Crippen molar-refractivity contribution in [2.45, 2.75) is 33.1 Å². The molecule has 1 aliphatic rings. The van der Waals surface area contributed by atoms with E-state index in [9.17, 15) is 0 Å². The van der Waals surface area contributed by atoms with Crippen LogP contribution in [0.25, 0.3) is 0 Å². The Morgan fingerprint density at radius 1 is 1.36 bits per heavy atom. The van der Waals surface area contributed by atoms with Crippen molar-refractivity contribution in [2.24, 2.45) is 10.9 Å². The molecule has 0 bridgehead atoms. The number of likely N-dealkylation sites (tertiary alicyclic amines) is 1. The van der Waals surface area contributed by atoms with Crippen molar-refractivity contribution in [2.75, 3.05) is 46.5 Å². The van der Waals surface area contributed by atoms with Crippen LogP contribution in [0.1, 0.15) is 38.7 Å². The van der Waals surface area contributed by atoms with Crippen LogP contribution >= 0.6 is 0 Å². The topological polar surface area (TPSA) is 46.1 Å². The molecule has 1 fully saturated rings. The Morgan fingerprint density at radius 3 is 2.88 bits per heavy atom. The Hall–Kier alpha value is -1.75. The minimum Gasteiger partial charge on any atom is -0.491 e. The third-order valence-corrected chi connectivity index (χ3v) is 4.54. The summed E-state index contributed by atoms with van der Waals surface area (Å²) in [6, 6.07) is 8.27. The van der Waals surface area contributed by atoms with Gasteiger partial charge in [-0.25, -0.2) is 0 Å². The largest absolute Gasteiger partial charge is 0.491 e. The highest BCUT2D eigenvalue weighted by molar-refractivity contribution is 5.80. The van der Waals surface area contributed by atoms with Crippen LogP contribution in [0.2, 0.25) is 0 Å². The summed E-state index contributed by atoms with van der Waals surface area (Å²) in [5, 5.41) is 3.42. The van der Waals surface area contributed by atoms with Gasteiger partial charge in [0.15, 0.2) is 5.96 Å². The number of hydrogen-bond donors (Lipinski definition) is 1. The van der Waals surface area contributed by atoms with E-state index in [0.29, 0.717) is 18.4 Å². The summed E-state index contributed by atoms with van der Waals surface area (Å²) in [6.45, 7) is 11.5. The van der Waals surface area contributed by atoms with Gasteiger partial charge in [-0.3, -0.25) is 4.99 Å². The van der Waals surface area contributed by atoms with E-state index in [2.05, 4.69) is 41.2 Å². The number of ether oxygens (including phenoxy) is 2. The molecule has 25 heavy (non-hydrogen) atoms.